The smallest absolute Gasteiger partial charge is 0.305 e. The first-order valence-electron chi connectivity index (χ1n) is 22.9. The standard InChI is InChI=1S/C45H88O9/c1-5-9-13-17-21-25-35-51-44(52-36-26-22-18-14-10-6-2)31-29-42(47)49-39-33-41(46)34-40-50-43(48)30-32-45(53-37-27-23-19-15-11-7-3)54-38-28-24-20-16-12-8-4/h41,44-46H,5-40H2,1-4H3. The number of hydrogen-bond acceptors (Lipinski definition) is 9. The average Bonchev–Trinajstić information content (AvgIpc) is 3.16. The van der Waals surface area contributed by atoms with Crippen LogP contribution < -0.4 is 0 Å². The fourth-order valence-corrected chi connectivity index (χ4v) is 6.20. The summed E-state index contributed by atoms with van der Waals surface area (Å²) in [5.74, 6) is -0.645. The maximum absolute atomic E-state index is 12.5. The molecule has 0 unspecified atom stereocenters. The number of aliphatic hydroxyl groups is 1. The molecule has 0 aromatic rings. The molecule has 0 aliphatic rings. The van der Waals surface area contributed by atoms with E-state index in [9.17, 15) is 14.7 Å². The number of hydrogen-bond donors (Lipinski definition) is 1. The van der Waals surface area contributed by atoms with Crippen molar-refractivity contribution < 1.29 is 43.1 Å². The lowest BCUT2D eigenvalue weighted by Gasteiger charge is -2.19. The average molecular weight is 773 g/mol. The van der Waals surface area contributed by atoms with Crippen LogP contribution in [0.15, 0.2) is 0 Å². The topological polar surface area (TPSA) is 110 Å². The number of carbonyl (C=O) groups excluding carboxylic acids is 2. The summed E-state index contributed by atoms with van der Waals surface area (Å²) in [5, 5.41) is 10.4. The molecule has 0 fully saturated rings. The lowest BCUT2D eigenvalue weighted by molar-refractivity contribution is -0.160. The number of unbranched alkanes of at least 4 members (excludes halogenated alkanes) is 20. The summed E-state index contributed by atoms with van der Waals surface area (Å²) in [6, 6.07) is 0. The van der Waals surface area contributed by atoms with Crippen molar-refractivity contribution in [1.29, 1.82) is 0 Å². The van der Waals surface area contributed by atoms with Crippen molar-refractivity contribution in [3.05, 3.63) is 0 Å². The zero-order valence-electron chi connectivity index (χ0n) is 35.9. The molecular formula is C45H88O9. The third-order valence-corrected chi connectivity index (χ3v) is 9.80. The Morgan fingerprint density at radius 2 is 0.630 bits per heavy atom. The molecule has 0 radical (unpaired) electrons. The normalized spacial score (nSPS) is 11.7. The summed E-state index contributed by atoms with van der Waals surface area (Å²) in [6.45, 7) is 11.7. The Kier molecular flexibility index (Phi) is 41.9. The summed E-state index contributed by atoms with van der Waals surface area (Å²) < 4.78 is 34.9. The third kappa shape index (κ3) is 39.0. The molecule has 9 heteroatoms. The van der Waals surface area contributed by atoms with Crippen LogP contribution in [0.5, 0.6) is 0 Å². The van der Waals surface area contributed by atoms with E-state index < -0.39 is 18.7 Å². The van der Waals surface area contributed by atoms with E-state index in [0.29, 0.717) is 39.3 Å². The van der Waals surface area contributed by atoms with Crippen LogP contribution in [0.2, 0.25) is 0 Å². The van der Waals surface area contributed by atoms with E-state index in [1.54, 1.807) is 0 Å². The van der Waals surface area contributed by atoms with Crippen LogP contribution in [-0.2, 0) is 38.0 Å². The van der Waals surface area contributed by atoms with E-state index in [-0.39, 0.29) is 50.8 Å². The lowest BCUT2D eigenvalue weighted by Crippen LogP contribution is -2.22. The van der Waals surface area contributed by atoms with Crippen molar-refractivity contribution >= 4 is 11.9 Å². The monoisotopic (exact) mass is 773 g/mol. The number of rotatable bonds is 44. The molecule has 0 spiro atoms. The van der Waals surface area contributed by atoms with Gasteiger partial charge in [-0.15, -0.1) is 0 Å². The van der Waals surface area contributed by atoms with Crippen molar-refractivity contribution in [3.63, 3.8) is 0 Å². The third-order valence-electron chi connectivity index (χ3n) is 9.80. The van der Waals surface area contributed by atoms with Gasteiger partial charge in [0.15, 0.2) is 12.6 Å². The Bertz CT molecular complexity index is 682. The quantitative estimate of drug-likeness (QED) is 0.0367. The molecule has 1 N–H and O–H groups in total. The largest absolute Gasteiger partial charge is 0.466 e. The molecule has 0 atom stereocenters. The van der Waals surface area contributed by atoms with E-state index in [2.05, 4.69) is 27.7 Å². The summed E-state index contributed by atoms with van der Waals surface area (Å²) >= 11 is 0. The molecule has 322 valence electrons. The molecule has 0 aromatic carbocycles. The molecular weight excluding hydrogens is 684 g/mol. The van der Waals surface area contributed by atoms with Crippen LogP contribution in [0, 0.1) is 0 Å². The molecule has 0 saturated carbocycles. The molecule has 0 aliphatic heterocycles. The minimum absolute atomic E-state index is 0.114. The second kappa shape index (κ2) is 42.9. The van der Waals surface area contributed by atoms with Crippen LogP contribution in [-0.4, -0.2) is 75.4 Å². The highest BCUT2D eigenvalue weighted by atomic mass is 16.7. The van der Waals surface area contributed by atoms with Crippen molar-refractivity contribution in [2.75, 3.05) is 39.6 Å². The first kappa shape index (κ1) is 52.7. The van der Waals surface area contributed by atoms with Crippen molar-refractivity contribution in [2.24, 2.45) is 0 Å². The minimum atomic E-state index is -0.728. The highest BCUT2D eigenvalue weighted by Crippen LogP contribution is 2.14. The second-order valence-corrected chi connectivity index (χ2v) is 15.2. The van der Waals surface area contributed by atoms with Gasteiger partial charge in [-0.25, -0.2) is 0 Å². The summed E-state index contributed by atoms with van der Waals surface area (Å²) in [7, 11) is 0. The van der Waals surface area contributed by atoms with Gasteiger partial charge in [-0.1, -0.05) is 156 Å². The Balaban J connectivity index is 4.36. The highest BCUT2D eigenvalue weighted by Gasteiger charge is 2.16. The van der Waals surface area contributed by atoms with Gasteiger partial charge in [0.05, 0.1) is 32.2 Å². The molecule has 0 amide bonds. The highest BCUT2D eigenvalue weighted by molar-refractivity contribution is 5.69. The SMILES string of the molecule is CCCCCCCCOC(CCC(=O)OCCC(O)CCOC(=O)CCC(OCCCCCCCC)OCCCCCCCC)OCCCCCCCC. The Labute approximate surface area is 333 Å². The Hall–Kier alpha value is -1.26. The summed E-state index contributed by atoms with van der Waals surface area (Å²) in [6.07, 6.45) is 29.0. The van der Waals surface area contributed by atoms with Crippen LogP contribution >= 0.6 is 0 Å². The van der Waals surface area contributed by atoms with Gasteiger partial charge >= 0.3 is 11.9 Å². The molecule has 9 nitrogen and oxygen atoms in total. The molecule has 0 aromatic heterocycles. The fourth-order valence-electron chi connectivity index (χ4n) is 6.20. The van der Waals surface area contributed by atoms with Crippen LogP contribution in [0.25, 0.3) is 0 Å². The van der Waals surface area contributed by atoms with E-state index >= 15 is 0 Å². The van der Waals surface area contributed by atoms with Crippen LogP contribution in [0.1, 0.15) is 220 Å². The van der Waals surface area contributed by atoms with Gasteiger partial charge in [-0.05, 0) is 25.7 Å². The molecule has 0 rings (SSSR count). The van der Waals surface area contributed by atoms with Crippen LogP contribution in [0.3, 0.4) is 0 Å². The summed E-state index contributed by atoms with van der Waals surface area (Å²) in [5.41, 5.74) is 0. The maximum Gasteiger partial charge on any atom is 0.305 e. The Morgan fingerprint density at radius 1 is 0.370 bits per heavy atom. The minimum Gasteiger partial charge on any atom is -0.466 e. The lowest BCUT2D eigenvalue weighted by atomic mass is 10.1. The van der Waals surface area contributed by atoms with Crippen molar-refractivity contribution in [3.8, 4) is 0 Å². The Morgan fingerprint density at radius 3 is 0.907 bits per heavy atom. The van der Waals surface area contributed by atoms with Gasteiger partial charge in [0, 0.05) is 52.1 Å². The van der Waals surface area contributed by atoms with Crippen molar-refractivity contribution in [2.45, 2.75) is 239 Å². The van der Waals surface area contributed by atoms with E-state index in [1.165, 1.54) is 103 Å². The predicted octanol–water partition coefficient (Wildman–Crippen LogP) is 11.9. The fraction of sp³-hybridized carbons (Fsp3) is 0.956. The zero-order valence-corrected chi connectivity index (χ0v) is 35.9. The van der Waals surface area contributed by atoms with E-state index in [0.717, 1.165) is 51.4 Å². The van der Waals surface area contributed by atoms with Gasteiger partial charge in [-0.3, -0.25) is 9.59 Å². The number of aliphatic hydroxyl groups excluding tert-OH is 1. The molecule has 0 bridgehead atoms. The van der Waals surface area contributed by atoms with E-state index in [4.69, 9.17) is 28.4 Å². The molecule has 0 saturated heterocycles. The van der Waals surface area contributed by atoms with Crippen LogP contribution in [0.4, 0.5) is 0 Å². The molecule has 0 aliphatic carbocycles. The van der Waals surface area contributed by atoms with Gasteiger partial charge in [0.1, 0.15) is 0 Å². The first-order valence-corrected chi connectivity index (χ1v) is 22.9. The van der Waals surface area contributed by atoms with E-state index in [1.807, 2.05) is 0 Å². The predicted molar refractivity (Wildman–Crippen MR) is 221 cm³/mol. The molecule has 0 heterocycles. The number of carbonyl (C=O) groups is 2. The maximum atomic E-state index is 12.5. The van der Waals surface area contributed by atoms with Gasteiger partial charge in [0.25, 0.3) is 0 Å². The van der Waals surface area contributed by atoms with Gasteiger partial charge < -0.3 is 33.5 Å². The van der Waals surface area contributed by atoms with Crippen molar-refractivity contribution in [1.82, 2.24) is 0 Å². The summed E-state index contributed by atoms with van der Waals surface area (Å²) in [4.78, 5) is 25.0. The molecule has 54 heavy (non-hydrogen) atoms. The van der Waals surface area contributed by atoms with Gasteiger partial charge in [0.2, 0.25) is 0 Å². The number of esters is 2. The number of ether oxygens (including phenoxy) is 6. The second-order valence-electron chi connectivity index (χ2n) is 15.2. The first-order chi connectivity index (χ1) is 26.5. The zero-order chi connectivity index (χ0) is 39.6. The van der Waals surface area contributed by atoms with Gasteiger partial charge in [-0.2, -0.15) is 0 Å².